The van der Waals surface area contributed by atoms with Crippen LogP contribution in [-0.4, -0.2) is 25.2 Å². The molecule has 1 rings (SSSR count). The van der Waals surface area contributed by atoms with E-state index in [4.69, 9.17) is 4.74 Å². The monoisotopic (exact) mass is 207 g/mol. The van der Waals surface area contributed by atoms with Crippen molar-refractivity contribution >= 4 is 18.4 Å². The van der Waals surface area contributed by atoms with E-state index in [-0.39, 0.29) is 18.4 Å². The summed E-state index contributed by atoms with van der Waals surface area (Å²) >= 11 is 0. The van der Waals surface area contributed by atoms with E-state index in [1.165, 1.54) is 26.2 Å². The highest BCUT2D eigenvalue weighted by molar-refractivity contribution is 5.85. The van der Waals surface area contributed by atoms with E-state index in [0.717, 1.165) is 13.0 Å². The van der Waals surface area contributed by atoms with Crippen molar-refractivity contribution in [3.8, 4) is 0 Å². The molecule has 1 aliphatic rings. The van der Waals surface area contributed by atoms with E-state index in [9.17, 15) is 4.79 Å². The van der Waals surface area contributed by atoms with Crippen LogP contribution in [0, 0.1) is 0 Å². The lowest BCUT2D eigenvalue weighted by molar-refractivity contribution is -0.141. The van der Waals surface area contributed by atoms with Crippen molar-refractivity contribution in [2.24, 2.45) is 0 Å². The Labute approximate surface area is 85.6 Å². The first-order chi connectivity index (χ1) is 5.79. The number of carbonyl (C=O) groups excluding carboxylic acids is 1. The number of esters is 1. The standard InChI is InChI=1S/C9H17NO2.ClH/c1-8(11)12-7-5-9-4-2-3-6-10-9;/h9-10H,2-7H2,1H3;1H. The minimum Gasteiger partial charge on any atom is -0.466 e. The van der Waals surface area contributed by atoms with Gasteiger partial charge in [-0.15, -0.1) is 12.4 Å². The van der Waals surface area contributed by atoms with Crippen LogP contribution in [0.5, 0.6) is 0 Å². The molecule has 1 N–H and O–H groups in total. The first kappa shape index (κ1) is 12.7. The van der Waals surface area contributed by atoms with Crippen LogP contribution in [0.15, 0.2) is 0 Å². The zero-order valence-corrected chi connectivity index (χ0v) is 8.86. The van der Waals surface area contributed by atoms with E-state index in [0.29, 0.717) is 12.6 Å². The molecule has 0 radical (unpaired) electrons. The van der Waals surface area contributed by atoms with Crippen LogP contribution < -0.4 is 5.32 Å². The summed E-state index contributed by atoms with van der Waals surface area (Å²) in [5.41, 5.74) is 0. The smallest absolute Gasteiger partial charge is 0.302 e. The summed E-state index contributed by atoms with van der Waals surface area (Å²) in [5.74, 6) is -0.175. The third-order valence-corrected chi connectivity index (χ3v) is 2.18. The fourth-order valence-corrected chi connectivity index (χ4v) is 1.52. The summed E-state index contributed by atoms with van der Waals surface area (Å²) in [6.07, 6.45) is 4.77. The van der Waals surface area contributed by atoms with Crippen molar-refractivity contribution in [3.05, 3.63) is 0 Å². The number of halogens is 1. The number of carbonyl (C=O) groups is 1. The number of nitrogens with one attached hydrogen (secondary N) is 1. The lowest BCUT2D eigenvalue weighted by atomic mass is 10.0. The van der Waals surface area contributed by atoms with Gasteiger partial charge in [-0.2, -0.15) is 0 Å². The Morgan fingerprint density at radius 1 is 1.54 bits per heavy atom. The summed E-state index contributed by atoms with van der Waals surface area (Å²) < 4.78 is 4.87. The minimum atomic E-state index is -0.175. The van der Waals surface area contributed by atoms with Gasteiger partial charge in [-0.1, -0.05) is 6.42 Å². The van der Waals surface area contributed by atoms with Gasteiger partial charge in [0.25, 0.3) is 0 Å². The molecule has 78 valence electrons. The molecule has 1 unspecified atom stereocenters. The molecule has 0 spiro atoms. The lowest BCUT2D eigenvalue weighted by Crippen LogP contribution is -2.34. The molecule has 0 aromatic carbocycles. The molecule has 1 heterocycles. The fraction of sp³-hybridized carbons (Fsp3) is 0.889. The molecule has 3 nitrogen and oxygen atoms in total. The van der Waals surface area contributed by atoms with Crippen molar-refractivity contribution in [1.29, 1.82) is 0 Å². The molecule has 0 bridgehead atoms. The van der Waals surface area contributed by atoms with Crippen LogP contribution in [0.4, 0.5) is 0 Å². The van der Waals surface area contributed by atoms with Crippen LogP contribution in [0.3, 0.4) is 0 Å². The first-order valence-electron chi connectivity index (χ1n) is 4.66. The fourth-order valence-electron chi connectivity index (χ4n) is 1.52. The molecular formula is C9H18ClNO2. The van der Waals surface area contributed by atoms with Gasteiger partial charge in [0.1, 0.15) is 0 Å². The van der Waals surface area contributed by atoms with Gasteiger partial charge in [-0.05, 0) is 25.8 Å². The summed E-state index contributed by atoms with van der Waals surface area (Å²) in [7, 11) is 0. The van der Waals surface area contributed by atoms with Crippen LogP contribution in [0.25, 0.3) is 0 Å². The maximum atomic E-state index is 10.4. The van der Waals surface area contributed by atoms with Gasteiger partial charge in [-0.3, -0.25) is 4.79 Å². The second-order valence-corrected chi connectivity index (χ2v) is 3.28. The van der Waals surface area contributed by atoms with E-state index >= 15 is 0 Å². The highest BCUT2D eigenvalue weighted by Crippen LogP contribution is 2.09. The predicted octanol–water partition coefficient (Wildman–Crippen LogP) is 1.50. The minimum absolute atomic E-state index is 0. The Balaban J connectivity index is 0.00000144. The number of rotatable bonds is 3. The third-order valence-electron chi connectivity index (χ3n) is 2.18. The van der Waals surface area contributed by atoms with Crippen molar-refractivity contribution in [3.63, 3.8) is 0 Å². The highest BCUT2D eigenvalue weighted by atomic mass is 35.5. The molecular weight excluding hydrogens is 190 g/mol. The predicted molar refractivity (Wildman–Crippen MR) is 54.1 cm³/mol. The number of hydrogen-bond acceptors (Lipinski definition) is 3. The Kier molecular flexibility index (Phi) is 7.00. The zero-order valence-electron chi connectivity index (χ0n) is 8.04. The van der Waals surface area contributed by atoms with Crippen LogP contribution in [0.1, 0.15) is 32.6 Å². The molecule has 1 atom stereocenters. The van der Waals surface area contributed by atoms with E-state index in [1.54, 1.807) is 0 Å². The Bertz CT molecular complexity index is 147. The van der Waals surface area contributed by atoms with E-state index in [2.05, 4.69) is 5.32 Å². The highest BCUT2D eigenvalue weighted by Gasteiger charge is 2.11. The SMILES string of the molecule is CC(=O)OCCC1CCCCN1.Cl. The molecule has 0 aromatic heterocycles. The van der Waals surface area contributed by atoms with Gasteiger partial charge in [0.05, 0.1) is 6.61 Å². The molecule has 1 saturated heterocycles. The maximum absolute atomic E-state index is 10.4. The summed E-state index contributed by atoms with van der Waals surface area (Å²) in [6, 6.07) is 0.568. The van der Waals surface area contributed by atoms with E-state index < -0.39 is 0 Å². The molecule has 1 fully saturated rings. The quantitative estimate of drug-likeness (QED) is 0.713. The summed E-state index contributed by atoms with van der Waals surface area (Å²) in [5, 5.41) is 3.40. The number of piperidine rings is 1. The largest absolute Gasteiger partial charge is 0.466 e. The Morgan fingerprint density at radius 3 is 2.85 bits per heavy atom. The summed E-state index contributed by atoms with van der Waals surface area (Å²) in [4.78, 5) is 10.4. The van der Waals surface area contributed by atoms with E-state index in [1.807, 2.05) is 0 Å². The van der Waals surface area contributed by atoms with Gasteiger partial charge >= 0.3 is 5.97 Å². The molecule has 4 heteroatoms. The van der Waals surface area contributed by atoms with Crippen molar-refractivity contribution in [2.45, 2.75) is 38.6 Å². The van der Waals surface area contributed by atoms with Crippen LogP contribution in [-0.2, 0) is 9.53 Å². The number of hydrogen-bond donors (Lipinski definition) is 1. The first-order valence-corrected chi connectivity index (χ1v) is 4.66. The van der Waals surface area contributed by atoms with Gasteiger partial charge in [0.2, 0.25) is 0 Å². The Hall–Kier alpha value is -0.280. The molecule has 13 heavy (non-hydrogen) atoms. The van der Waals surface area contributed by atoms with Crippen molar-refractivity contribution < 1.29 is 9.53 Å². The average molecular weight is 208 g/mol. The topological polar surface area (TPSA) is 38.3 Å². The third kappa shape index (κ3) is 5.88. The van der Waals surface area contributed by atoms with Crippen molar-refractivity contribution in [1.82, 2.24) is 5.32 Å². The van der Waals surface area contributed by atoms with Gasteiger partial charge in [0.15, 0.2) is 0 Å². The van der Waals surface area contributed by atoms with Crippen molar-refractivity contribution in [2.75, 3.05) is 13.2 Å². The molecule has 0 amide bonds. The van der Waals surface area contributed by atoms with Gasteiger partial charge < -0.3 is 10.1 Å². The molecule has 0 saturated carbocycles. The summed E-state index contributed by atoms with van der Waals surface area (Å²) in [6.45, 7) is 3.13. The molecule has 1 aliphatic heterocycles. The zero-order chi connectivity index (χ0) is 8.81. The normalized spacial score (nSPS) is 21.8. The second kappa shape index (κ2) is 7.15. The maximum Gasteiger partial charge on any atom is 0.302 e. The van der Waals surface area contributed by atoms with Gasteiger partial charge in [-0.25, -0.2) is 0 Å². The second-order valence-electron chi connectivity index (χ2n) is 3.28. The van der Waals surface area contributed by atoms with Crippen LogP contribution in [0.2, 0.25) is 0 Å². The number of ether oxygens (including phenoxy) is 1. The molecule has 0 aromatic rings. The van der Waals surface area contributed by atoms with Gasteiger partial charge in [0, 0.05) is 13.0 Å². The average Bonchev–Trinajstić information content (AvgIpc) is 2.05. The van der Waals surface area contributed by atoms with Crippen LogP contribution >= 0.6 is 12.4 Å². The molecule has 0 aliphatic carbocycles. The lowest BCUT2D eigenvalue weighted by Gasteiger charge is -2.22. The Morgan fingerprint density at radius 2 is 2.31 bits per heavy atom.